The van der Waals surface area contributed by atoms with Crippen LogP contribution in [0.25, 0.3) is 0 Å². The van der Waals surface area contributed by atoms with Crippen LogP contribution >= 0.6 is 11.3 Å². The van der Waals surface area contributed by atoms with Crippen LogP contribution in [0.3, 0.4) is 0 Å². The van der Waals surface area contributed by atoms with Crippen molar-refractivity contribution < 1.29 is 18.0 Å². The van der Waals surface area contributed by atoms with Gasteiger partial charge in [-0.2, -0.15) is 18.3 Å². The maximum atomic E-state index is 12.9. The van der Waals surface area contributed by atoms with Crippen LogP contribution in [0.5, 0.6) is 0 Å². The van der Waals surface area contributed by atoms with Crippen molar-refractivity contribution >= 4 is 22.9 Å². The SMILES string of the molecule is C=C(C)CCc1sccc1NC(=O)c1cn(C)nc1C(F)(F)F. The number of carbonyl (C=O) groups excluding carboxylic acids is 1. The fourth-order valence-corrected chi connectivity index (χ4v) is 2.86. The number of allylic oxidation sites excluding steroid dienone is 1. The van der Waals surface area contributed by atoms with Gasteiger partial charge in [-0.25, -0.2) is 0 Å². The van der Waals surface area contributed by atoms with Gasteiger partial charge in [0.25, 0.3) is 5.91 Å². The summed E-state index contributed by atoms with van der Waals surface area (Å²) in [5.41, 5.74) is -0.145. The van der Waals surface area contributed by atoms with Crippen molar-refractivity contribution in [1.29, 1.82) is 0 Å². The summed E-state index contributed by atoms with van der Waals surface area (Å²) in [6, 6.07) is 1.68. The molecular formula is C15H16F3N3OS. The Morgan fingerprint density at radius 3 is 2.78 bits per heavy atom. The number of alkyl halides is 3. The highest BCUT2D eigenvalue weighted by molar-refractivity contribution is 7.10. The number of halogens is 3. The lowest BCUT2D eigenvalue weighted by Crippen LogP contribution is -2.18. The molecule has 1 N–H and O–H groups in total. The first-order chi connectivity index (χ1) is 10.7. The van der Waals surface area contributed by atoms with Gasteiger partial charge in [0.1, 0.15) is 0 Å². The van der Waals surface area contributed by atoms with Crippen LogP contribution in [0.4, 0.5) is 18.9 Å². The lowest BCUT2D eigenvalue weighted by Gasteiger charge is -2.08. The Bertz CT molecular complexity index is 731. The minimum absolute atomic E-state index is 0.489. The monoisotopic (exact) mass is 343 g/mol. The van der Waals surface area contributed by atoms with Gasteiger partial charge in [-0.1, -0.05) is 5.57 Å². The molecule has 0 spiro atoms. The number of anilines is 1. The van der Waals surface area contributed by atoms with Crippen molar-refractivity contribution in [3.8, 4) is 0 Å². The van der Waals surface area contributed by atoms with E-state index in [1.165, 1.54) is 18.4 Å². The summed E-state index contributed by atoms with van der Waals surface area (Å²) in [4.78, 5) is 13.1. The Kier molecular flexibility index (Phi) is 4.93. The molecule has 2 aromatic heterocycles. The normalized spacial score (nSPS) is 11.5. The van der Waals surface area contributed by atoms with E-state index < -0.39 is 23.3 Å². The fraction of sp³-hybridized carbons (Fsp3) is 0.333. The van der Waals surface area contributed by atoms with Crippen molar-refractivity contribution in [1.82, 2.24) is 9.78 Å². The van der Waals surface area contributed by atoms with Crippen LogP contribution in [0.2, 0.25) is 0 Å². The van der Waals surface area contributed by atoms with Crippen LogP contribution in [-0.4, -0.2) is 15.7 Å². The highest BCUT2D eigenvalue weighted by Crippen LogP contribution is 2.31. The minimum atomic E-state index is -4.68. The van der Waals surface area contributed by atoms with E-state index in [0.29, 0.717) is 12.1 Å². The smallest absolute Gasteiger partial charge is 0.321 e. The summed E-state index contributed by atoms with van der Waals surface area (Å²) < 4.78 is 39.8. The van der Waals surface area contributed by atoms with Gasteiger partial charge in [0.15, 0.2) is 5.69 Å². The molecular weight excluding hydrogens is 327 g/mol. The predicted molar refractivity (Wildman–Crippen MR) is 83.6 cm³/mol. The quantitative estimate of drug-likeness (QED) is 0.825. The third-order valence-corrected chi connectivity index (χ3v) is 4.10. The lowest BCUT2D eigenvalue weighted by molar-refractivity contribution is -0.141. The standard InChI is InChI=1S/C15H16F3N3OS/c1-9(2)4-5-12-11(6-7-23-12)19-14(22)10-8-21(3)20-13(10)15(16,17)18/h6-8H,1,4-5H2,2-3H3,(H,19,22). The second-order valence-electron chi connectivity index (χ2n) is 5.23. The molecule has 0 atom stereocenters. The van der Waals surface area contributed by atoms with Crippen LogP contribution in [0.15, 0.2) is 29.8 Å². The van der Waals surface area contributed by atoms with E-state index in [0.717, 1.165) is 27.7 Å². The van der Waals surface area contributed by atoms with Gasteiger partial charge in [0.05, 0.1) is 11.3 Å². The summed E-state index contributed by atoms with van der Waals surface area (Å²) in [6.07, 6.45) is -2.17. The molecule has 4 nitrogen and oxygen atoms in total. The van der Waals surface area contributed by atoms with Crippen molar-refractivity contribution in [2.75, 3.05) is 5.32 Å². The number of carbonyl (C=O) groups is 1. The fourth-order valence-electron chi connectivity index (χ4n) is 2.03. The van der Waals surface area contributed by atoms with Crippen molar-refractivity contribution in [2.45, 2.75) is 25.9 Å². The maximum Gasteiger partial charge on any atom is 0.435 e. The number of aromatic nitrogens is 2. The van der Waals surface area contributed by atoms with Crippen molar-refractivity contribution in [2.24, 2.45) is 7.05 Å². The largest absolute Gasteiger partial charge is 0.435 e. The first-order valence-electron chi connectivity index (χ1n) is 6.81. The average molecular weight is 343 g/mol. The van der Waals surface area contributed by atoms with E-state index in [9.17, 15) is 18.0 Å². The van der Waals surface area contributed by atoms with Crippen LogP contribution in [0, 0.1) is 0 Å². The molecule has 0 aliphatic carbocycles. The van der Waals surface area contributed by atoms with E-state index in [-0.39, 0.29) is 0 Å². The number of hydrogen-bond donors (Lipinski definition) is 1. The molecule has 124 valence electrons. The average Bonchev–Trinajstić information content (AvgIpc) is 3.02. The molecule has 0 aliphatic rings. The molecule has 2 aromatic rings. The molecule has 0 saturated carbocycles. The van der Waals surface area contributed by atoms with Gasteiger partial charge in [0.2, 0.25) is 0 Å². The Labute approximate surface area is 135 Å². The second kappa shape index (κ2) is 6.57. The Morgan fingerprint density at radius 1 is 1.48 bits per heavy atom. The van der Waals surface area contributed by atoms with Crippen LogP contribution < -0.4 is 5.32 Å². The maximum absolute atomic E-state index is 12.9. The highest BCUT2D eigenvalue weighted by atomic mass is 32.1. The molecule has 0 aliphatic heterocycles. The number of thiophene rings is 1. The van der Waals surface area contributed by atoms with Crippen molar-refractivity contribution in [3.63, 3.8) is 0 Å². The summed E-state index contributed by atoms with van der Waals surface area (Å²) >= 11 is 1.44. The lowest BCUT2D eigenvalue weighted by atomic mass is 10.1. The molecule has 2 rings (SSSR count). The van der Waals surface area contributed by atoms with Crippen molar-refractivity contribution in [3.05, 3.63) is 45.9 Å². The van der Waals surface area contributed by atoms with E-state index >= 15 is 0 Å². The number of rotatable bonds is 5. The molecule has 23 heavy (non-hydrogen) atoms. The molecule has 0 radical (unpaired) electrons. The number of amides is 1. The van der Waals surface area contributed by atoms with E-state index in [2.05, 4.69) is 17.0 Å². The second-order valence-corrected chi connectivity index (χ2v) is 6.23. The highest BCUT2D eigenvalue weighted by Gasteiger charge is 2.39. The van der Waals surface area contributed by atoms with Gasteiger partial charge in [-0.3, -0.25) is 9.48 Å². The molecule has 0 fully saturated rings. The summed E-state index contributed by atoms with van der Waals surface area (Å²) in [7, 11) is 1.34. The summed E-state index contributed by atoms with van der Waals surface area (Å²) in [5.74, 6) is -0.819. The van der Waals surface area contributed by atoms with Gasteiger partial charge in [-0.05, 0) is 31.2 Å². The van der Waals surface area contributed by atoms with Crippen LogP contribution in [-0.2, 0) is 19.6 Å². The number of nitrogens with zero attached hydrogens (tertiary/aromatic N) is 2. The number of nitrogens with one attached hydrogen (secondary N) is 1. The van der Waals surface area contributed by atoms with Crippen LogP contribution in [0.1, 0.15) is 34.3 Å². The summed E-state index contributed by atoms with van der Waals surface area (Å²) in [6.45, 7) is 5.72. The van der Waals surface area contributed by atoms with E-state index in [1.807, 2.05) is 6.92 Å². The number of aryl methyl sites for hydroxylation is 2. The molecule has 1 amide bonds. The van der Waals surface area contributed by atoms with E-state index in [4.69, 9.17) is 0 Å². The van der Waals surface area contributed by atoms with E-state index in [1.54, 1.807) is 11.4 Å². The first kappa shape index (κ1) is 17.3. The zero-order chi connectivity index (χ0) is 17.2. The molecule has 0 aromatic carbocycles. The zero-order valence-electron chi connectivity index (χ0n) is 12.7. The number of hydrogen-bond acceptors (Lipinski definition) is 3. The topological polar surface area (TPSA) is 46.9 Å². The third-order valence-electron chi connectivity index (χ3n) is 3.11. The van der Waals surface area contributed by atoms with Gasteiger partial charge < -0.3 is 5.32 Å². The molecule has 8 heteroatoms. The third kappa shape index (κ3) is 4.22. The molecule has 2 heterocycles. The summed E-state index contributed by atoms with van der Waals surface area (Å²) in [5, 5.41) is 7.67. The van der Waals surface area contributed by atoms with Gasteiger partial charge in [-0.15, -0.1) is 17.9 Å². The van der Waals surface area contributed by atoms with Gasteiger partial charge >= 0.3 is 6.18 Å². The first-order valence-corrected chi connectivity index (χ1v) is 7.69. The molecule has 0 unspecified atom stereocenters. The Balaban J connectivity index is 2.21. The molecule has 0 bridgehead atoms. The molecule has 0 saturated heterocycles. The predicted octanol–water partition coefficient (Wildman–Crippen LogP) is 4.26. The Hall–Kier alpha value is -2.09. The zero-order valence-corrected chi connectivity index (χ0v) is 13.5. The Morgan fingerprint density at radius 2 is 2.17 bits per heavy atom. The van der Waals surface area contributed by atoms with Gasteiger partial charge in [0, 0.05) is 18.1 Å². The minimum Gasteiger partial charge on any atom is -0.321 e.